The summed E-state index contributed by atoms with van der Waals surface area (Å²) >= 11 is 0. The van der Waals surface area contributed by atoms with Crippen LogP contribution in [0.25, 0.3) is 0 Å². The van der Waals surface area contributed by atoms with E-state index in [2.05, 4.69) is 9.71 Å². The first-order valence-electron chi connectivity index (χ1n) is 6.26. The van der Waals surface area contributed by atoms with Crippen molar-refractivity contribution in [3.8, 4) is 0 Å². The molecule has 0 radical (unpaired) electrons. The molecule has 1 aliphatic carbocycles. The second-order valence-corrected chi connectivity index (χ2v) is 6.66. The number of nitrogens with one attached hydrogen (secondary N) is 1. The van der Waals surface area contributed by atoms with Crippen LogP contribution in [0.4, 0.5) is 5.69 Å². The minimum absolute atomic E-state index is 0.231. The zero-order valence-electron chi connectivity index (χ0n) is 10.9. The molecule has 0 saturated heterocycles. The summed E-state index contributed by atoms with van der Waals surface area (Å²) in [6, 6.07) is 3.39. The zero-order valence-corrected chi connectivity index (χ0v) is 11.7. The summed E-state index contributed by atoms with van der Waals surface area (Å²) in [5.41, 5.74) is 7.00. The highest BCUT2D eigenvalue weighted by molar-refractivity contribution is 7.93. The van der Waals surface area contributed by atoms with E-state index in [1.807, 2.05) is 0 Å². The Morgan fingerprint density at radius 2 is 2.32 bits per heavy atom. The number of pyridine rings is 1. The van der Waals surface area contributed by atoms with Crippen LogP contribution < -0.4 is 10.5 Å². The van der Waals surface area contributed by atoms with E-state index in [0.717, 1.165) is 18.5 Å². The van der Waals surface area contributed by atoms with Crippen LogP contribution >= 0.6 is 0 Å². The number of rotatable bonds is 7. The van der Waals surface area contributed by atoms with Gasteiger partial charge in [-0.05, 0) is 37.8 Å². The Hall–Kier alpha value is -1.18. The number of aryl methyl sites for hydroxylation is 1. The Morgan fingerprint density at radius 1 is 1.58 bits per heavy atom. The molecular formula is C12H19N3O3S. The Kier molecular flexibility index (Phi) is 4.38. The van der Waals surface area contributed by atoms with Crippen molar-refractivity contribution in [2.24, 2.45) is 5.73 Å². The van der Waals surface area contributed by atoms with E-state index < -0.39 is 10.0 Å². The molecule has 0 amide bonds. The van der Waals surface area contributed by atoms with Crippen LogP contribution in [0, 0.1) is 0 Å². The lowest BCUT2D eigenvalue weighted by molar-refractivity contribution is 0.101. The van der Waals surface area contributed by atoms with E-state index in [4.69, 9.17) is 10.5 Å². The molecule has 1 aliphatic rings. The van der Waals surface area contributed by atoms with E-state index in [1.54, 1.807) is 25.4 Å². The SMILES string of the molecule is CO[C@H](N)CCc1cc(NS(=O)(=O)C2CC2)ccn1. The van der Waals surface area contributed by atoms with Gasteiger partial charge in [0.2, 0.25) is 10.0 Å². The van der Waals surface area contributed by atoms with Crippen molar-refractivity contribution < 1.29 is 13.2 Å². The third-order valence-corrected chi connectivity index (χ3v) is 4.90. The first-order valence-corrected chi connectivity index (χ1v) is 7.81. The molecule has 19 heavy (non-hydrogen) atoms. The molecule has 106 valence electrons. The molecule has 0 aliphatic heterocycles. The van der Waals surface area contributed by atoms with Crippen molar-refractivity contribution >= 4 is 15.7 Å². The fourth-order valence-electron chi connectivity index (χ4n) is 1.71. The van der Waals surface area contributed by atoms with Gasteiger partial charge in [0.25, 0.3) is 0 Å². The number of ether oxygens (including phenoxy) is 1. The Bertz CT molecular complexity index is 529. The van der Waals surface area contributed by atoms with Gasteiger partial charge in [-0.2, -0.15) is 0 Å². The maximum Gasteiger partial charge on any atom is 0.235 e. The molecule has 0 aromatic carbocycles. The Labute approximate surface area is 113 Å². The number of methoxy groups -OCH3 is 1. The van der Waals surface area contributed by atoms with E-state index in [0.29, 0.717) is 18.5 Å². The van der Waals surface area contributed by atoms with Crippen molar-refractivity contribution in [2.75, 3.05) is 11.8 Å². The number of nitrogens with zero attached hydrogens (tertiary/aromatic N) is 1. The van der Waals surface area contributed by atoms with E-state index in [-0.39, 0.29) is 11.5 Å². The van der Waals surface area contributed by atoms with E-state index >= 15 is 0 Å². The average Bonchev–Trinajstić information content (AvgIpc) is 3.20. The summed E-state index contributed by atoms with van der Waals surface area (Å²) in [5, 5.41) is -0.231. The van der Waals surface area contributed by atoms with E-state index in [1.165, 1.54) is 0 Å². The lowest BCUT2D eigenvalue weighted by Crippen LogP contribution is -2.22. The van der Waals surface area contributed by atoms with Crippen LogP contribution in [0.3, 0.4) is 0 Å². The largest absolute Gasteiger partial charge is 0.367 e. The van der Waals surface area contributed by atoms with Gasteiger partial charge in [-0.15, -0.1) is 0 Å². The van der Waals surface area contributed by atoms with Crippen molar-refractivity contribution in [2.45, 2.75) is 37.2 Å². The molecule has 7 heteroatoms. The normalized spacial score (nSPS) is 17.2. The minimum atomic E-state index is -3.22. The van der Waals surface area contributed by atoms with Gasteiger partial charge in [0.05, 0.1) is 10.9 Å². The second-order valence-electron chi connectivity index (χ2n) is 4.70. The van der Waals surface area contributed by atoms with Crippen LogP contribution in [0.15, 0.2) is 18.3 Å². The molecule has 3 N–H and O–H groups in total. The number of anilines is 1. The lowest BCUT2D eigenvalue weighted by Gasteiger charge is -2.10. The van der Waals surface area contributed by atoms with Gasteiger partial charge >= 0.3 is 0 Å². The minimum Gasteiger partial charge on any atom is -0.367 e. The highest BCUT2D eigenvalue weighted by atomic mass is 32.2. The van der Waals surface area contributed by atoms with Crippen LogP contribution in [-0.4, -0.2) is 32.0 Å². The predicted octanol–water partition coefficient (Wildman–Crippen LogP) is 0.849. The Balaban J connectivity index is 1.98. The highest BCUT2D eigenvalue weighted by Crippen LogP contribution is 2.29. The van der Waals surface area contributed by atoms with Crippen LogP contribution in [0.5, 0.6) is 0 Å². The summed E-state index contributed by atoms with van der Waals surface area (Å²) in [6.45, 7) is 0. The van der Waals surface area contributed by atoms with Crippen molar-refractivity contribution in [1.82, 2.24) is 4.98 Å². The average molecular weight is 285 g/mol. The molecule has 1 heterocycles. The molecule has 1 fully saturated rings. The fraction of sp³-hybridized carbons (Fsp3) is 0.583. The van der Waals surface area contributed by atoms with Crippen molar-refractivity contribution in [1.29, 1.82) is 0 Å². The third kappa shape index (κ3) is 4.15. The number of hydrogen-bond acceptors (Lipinski definition) is 5. The second kappa shape index (κ2) is 5.85. The number of aromatic nitrogens is 1. The first kappa shape index (κ1) is 14.2. The monoisotopic (exact) mass is 285 g/mol. The summed E-state index contributed by atoms with van der Waals surface area (Å²) in [7, 11) is -1.67. The van der Waals surface area contributed by atoms with Crippen molar-refractivity contribution in [3.05, 3.63) is 24.0 Å². The molecule has 6 nitrogen and oxygen atoms in total. The van der Waals surface area contributed by atoms with Gasteiger partial charge in [-0.3, -0.25) is 9.71 Å². The molecule has 1 atom stereocenters. The summed E-state index contributed by atoms with van der Waals surface area (Å²) in [5.74, 6) is 0. The van der Waals surface area contributed by atoms with Gasteiger partial charge in [0.15, 0.2) is 0 Å². The summed E-state index contributed by atoms with van der Waals surface area (Å²) in [4.78, 5) is 4.19. The first-order chi connectivity index (χ1) is 9.01. The van der Waals surface area contributed by atoms with Gasteiger partial charge in [0.1, 0.15) is 6.23 Å². The molecule has 0 bridgehead atoms. The molecule has 1 aromatic heterocycles. The van der Waals surface area contributed by atoms with Crippen LogP contribution in [0.2, 0.25) is 0 Å². The van der Waals surface area contributed by atoms with Crippen LogP contribution in [-0.2, 0) is 21.2 Å². The maximum atomic E-state index is 11.8. The standard InChI is InChI=1S/C12H19N3O3S/c1-18-12(13)5-2-9-8-10(6-7-14-9)15-19(16,17)11-3-4-11/h6-8,11-12H,2-5,13H2,1H3,(H,14,15)/t12-/m0/s1. The van der Waals surface area contributed by atoms with Crippen molar-refractivity contribution in [3.63, 3.8) is 0 Å². The smallest absolute Gasteiger partial charge is 0.235 e. The third-order valence-electron chi connectivity index (χ3n) is 3.03. The summed E-state index contributed by atoms with van der Waals surface area (Å²) in [6.07, 6.45) is 4.05. The van der Waals surface area contributed by atoms with E-state index in [9.17, 15) is 8.42 Å². The Morgan fingerprint density at radius 3 is 2.95 bits per heavy atom. The topological polar surface area (TPSA) is 94.3 Å². The van der Waals surface area contributed by atoms with Gasteiger partial charge in [-0.1, -0.05) is 0 Å². The van der Waals surface area contributed by atoms with Gasteiger partial charge < -0.3 is 10.5 Å². The number of nitrogens with two attached hydrogens (primary N) is 1. The maximum absolute atomic E-state index is 11.8. The predicted molar refractivity (Wildman–Crippen MR) is 73.1 cm³/mol. The zero-order chi connectivity index (χ0) is 13.9. The van der Waals surface area contributed by atoms with Gasteiger partial charge in [0, 0.05) is 19.0 Å². The van der Waals surface area contributed by atoms with Gasteiger partial charge in [-0.25, -0.2) is 8.42 Å². The molecule has 1 saturated carbocycles. The fourth-order valence-corrected chi connectivity index (χ4v) is 3.09. The quantitative estimate of drug-likeness (QED) is 0.724. The van der Waals surface area contributed by atoms with Crippen LogP contribution in [0.1, 0.15) is 25.0 Å². The molecule has 0 unspecified atom stereocenters. The number of hydrogen-bond donors (Lipinski definition) is 2. The molecule has 1 aromatic rings. The lowest BCUT2D eigenvalue weighted by atomic mass is 10.2. The highest BCUT2D eigenvalue weighted by Gasteiger charge is 2.35. The molecule has 2 rings (SSSR count). The molecular weight excluding hydrogens is 266 g/mol. The molecule has 0 spiro atoms. The number of sulfonamides is 1. The summed E-state index contributed by atoms with van der Waals surface area (Å²) < 4.78 is 31.2.